The van der Waals surface area contributed by atoms with Crippen molar-refractivity contribution in [3.05, 3.63) is 40.3 Å². The SMILES string of the molecule is CN=C(N)C(C(=O)OCC(=O)c1ccncc1Cl)=C(C)N. The highest BCUT2D eigenvalue weighted by atomic mass is 35.5. The lowest BCUT2D eigenvalue weighted by atomic mass is 10.2. The van der Waals surface area contributed by atoms with Gasteiger partial charge in [-0.1, -0.05) is 11.6 Å². The molecule has 1 rings (SSSR count). The lowest BCUT2D eigenvalue weighted by Gasteiger charge is -2.09. The highest BCUT2D eigenvalue weighted by molar-refractivity contribution is 6.33. The van der Waals surface area contributed by atoms with Gasteiger partial charge in [-0.25, -0.2) is 4.79 Å². The fourth-order valence-corrected chi connectivity index (χ4v) is 1.69. The number of aliphatic imine (C=N–C) groups is 1. The zero-order valence-electron chi connectivity index (χ0n) is 11.6. The molecule has 8 heteroatoms. The van der Waals surface area contributed by atoms with E-state index in [9.17, 15) is 9.59 Å². The fraction of sp³-hybridized carbons (Fsp3) is 0.231. The second kappa shape index (κ2) is 7.39. The molecule has 0 aromatic carbocycles. The molecule has 0 fully saturated rings. The number of carbonyl (C=O) groups is 2. The van der Waals surface area contributed by atoms with Crippen LogP contribution in [0.1, 0.15) is 17.3 Å². The molecule has 1 aromatic rings. The van der Waals surface area contributed by atoms with Crippen LogP contribution in [0.3, 0.4) is 0 Å². The molecule has 0 amide bonds. The molecular weight excluding hydrogens is 296 g/mol. The number of halogens is 1. The van der Waals surface area contributed by atoms with Crippen molar-refractivity contribution in [3.8, 4) is 0 Å². The average Bonchev–Trinajstić information content (AvgIpc) is 2.44. The Labute approximate surface area is 126 Å². The number of nitrogens with zero attached hydrogens (tertiary/aromatic N) is 2. The number of hydrogen-bond acceptors (Lipinski definition) is 6. The molecular formula is C13H15ClN4O3. The summed E-state index contributed by atoms with van der Waals surface area (Å²) in [7, 11) is 1.41. The van der Waals surface area contributed by atoms with Crippen LogP contribution >= 0.6 is 11.6 Å². The van der Waals surface area contributed by atoms with Crippen molar-refractivity contribution in [1.29, 1.82) is 0 Å². The van der Waals surface area contributed by atoms with Gasteiger partial charge in [-0.2, -0.15) is 0 Å². The van der Waals surface area contributed by atoms with Crippen molar-refractivity contribution in [3.63, 3.8) is 0 Å². The van der Waals surface area contributed by atoms with E-state index in [1.807, 2.05) is 0 Å². The molecule has 0 saturated heterocycles. The number of hydrogen-bond donors (Lipinski definition) is 2. The van der Waals surface area contributed by atoms with E-state index in [2.05, 4.69) is 9.98 Å². The van der Waals surface area contributed by atoms with Gasteiger partial charge in [-0.05, 0) is 13.0 Å². The van der Waals surface area contributed by atoms with Crippen LogP contribution in [-0.4, -0.2) is 36.2 Å². The lowest BCUT2D eigenvalue weighted by Crippen LogP contribution is -2.27. The van der Waals surface area contributed by atoms with Crippen molar-refractivity contribution in [1.82, 2.24) is 4.98 Å². The second-order valence-electron chi connectivity index (χ2n) is 4.02. The highest BCUT2D eigenvalue weighted by Gasteiger charge is 2.19. The van der Waals surface area contributed by atoms with E-state index in [0.29, 0.717) is 0 Å². The number of ether oxygens (including phenoxy) is 1. The number of esters is 1. The van der Waals surface area contributed by atoms with Crippen LogP contribution in [-0.2, 0) is 9.53 Å². The van der Waals surface area contributed by atoms with Crippen molar-refractivity contribution in [2.75, 3.05) is 13.7 Å². The second-order valence-corrected chi connectivity index (χ2v) is 4.43. The number of carbonyl (C=O) groups excluding carboxylic acids is 2. The number of ketones is 1. The summed E-state index contributed by atoms with van der Waals surface area (Å²) in [5.41, 5.74) is 11.4. The first-order valence-corrected chi connectivity index (χ1v) is 6.25. The van der Waals surface area contributed by atoms with Gasteiger partial charge in [0.2, 0.25) is 5.78 Å². The Morgan fingerprint density at radius 3 is 2.62 bits per heavy atom. The Bertz CT molecular complexity index is 622. The molecule has 0 bridgehead atoms. The normalized spacial score (nSPS) is 12.6. The third-order valence-corrected chi connectivity index (χ3v) is 2.80. The van der Waals surface area contributed by atoms with E-state index < -0.39 is 18.4 Å². The van der Waals surface area contributed by atoms with Crippen LogP contribution in [0.4, 0.5) is 0 Å². The zero-order chi connectivity index (χ0) is 16.0. The van der Waals surface area contributed by atoms with Crippen LogP contribution < -0.4 is 11.5 Å². The quantitative estimate of drug-likeness (QED) is 0.271. The molecule has 112 valence electrons. The summed E-state index contributed by atoms with van der Waals surface area (Å²) >= 11 is 5.83. The molecule has 1 aromatic heterocycles. The number of amidine groups is 1. The van der Waals surface area contributed by atoms with E-state index in [1.54, 1.807) is 0 Å². The minimum Gasteiger partial charge on any atom is -0.454 e. The molecule has 0 aliphatic heterocycles. The number of nitrogens with two attached hydrogens (primary N) is 2. The van der Waals surface area contributed by atoms with Gasteiger partial charge in [0.1, 0.15) is 11.4 Å². The standard InChI is InChI=1S/C13H15ClN4O3/c1-7(15)11(12(16)17-2)13(20)21-6-10(19)8-3-4-18-5-9(8)14/h3-5H,6,15H2,1-2H3,(H2,16,17). The van der Waals surface area contributed by atoms with Crippen molar-refractivity contribution in [2.45, 2.75) is 6.92 Å². The maximum atomic E-state index is 11.9. The first-order chi connectivity index (χ1) is 9.88. The van der Waals surface area contributed by atoms with Gasteiger partial charge in [0.15, 0.2) is 6.61 Å². The first kappa shape index (κ1) is 16.6. The maximum Gasteiger partial charge on any atom is 0.344 e. The summed E-state index contributed by atoms with van der Waals surface area (Å²) in [6.07, 6.45) is 2.74. The molecule has 0 saturated carbocycles. The number of Topliss-reactive ketones (excluding diaryl/α,β-unsaturated/α-hetero) is 1. The van der Waals surface area contributed by atoms with E-state index in [0.717, 1.165) is 0 Å². The van der Waals surface area contributed by atoms with E-state index in [1.165, 1.54) is 32.4 Å². The molecule has 0 aliphatic rings. The molecule has 0 unspecified atom stereocenters. The summed E-state index contributed by atoms with van der Waals surface area (Å²) < 4.78 is 4.89. The van der Waals surface area contributed by atoms with Gasteiger partial charge in [-0.15, -0.1) is 0 Å². The number of allylic oxidation sites excluding steroid dienone is 1. The Kier molecular flexibility index (Phi) is 5.86. The van der Waals surface area contributed by atoms with Crippen LogP contribution in [0, 0.1) is 0 Å². The number of aromatic nitrogens is 1. The van der Waals surface area contributed by atoms with Gasteiger partial charge in [0.05, 0.1) is 5.02 Å². The van der Waals surface area contributed by atoms with Crippen molar-refractivity contribution in [2.24, 2.45) is 16.5 Å². The van der Waals surface area contributed by atoms with Gasteiger partial charge >= 0.3 is 5.97 Å². The highest BCUT2D eigenvalue weighted by Crippen LogP contribution is 2.14. The Morgan fingerprint density at radius 1 is 1.43 bits per heavy atom. The topological polar surface area (TPSA) is 121 Å². The van der Waals surface area contributed by atoms with Gasteiger partial charge in [-0.3, -0.25) is 14.8 Å². The summed E-state index contributed by atoms with van der Waals surface area (Å²) in [5.74, 6) is -1.34. The van der Waals surface area contributed by atoms with Crippen molar-refractivity contribution < 1.29 is 14.3 Å². The van der Waals surface area contributed by atoms with E-state index in [-0.39, 0.29) is 27.7 Å². The molecule has 0 aliphatic carbocycles. The predicted octanol–water partition coefficient (Wildman–Crippen LogP) is 0.681. The predicted molar refractivity (Wildman–Crippen MR) is 79.0 cm³/mol. The van der Waals surface area contributed by atoms with Crippen molar-refractivity contribution >= 4 is 29.2 Å². The van der Waals surface area contributed by atoms with Gasteiger partial charge in [0.25, 0.3) is 0 Å². The Balaban J connectivity index is 2.80. The lowest BCUT2D eigenvalue weighted by molar-refractivity contribution is -0.137. The van der Waals surface area contributed by atoms with Gasteiger partial charge in [0, 0.05) is 30.7 Å². The third kappa shape index (κ3) is 4.28. The van der Waals surface area contributed by atoms with Crippen LogP contribution in [0.25, 0.3) is 0 Å². The number of rotatable bonds is 5. The van der Waals surface area contributed by atoms with E-state index >= 15 is 0 Å². The Morgan fingerprint density at radius 2 is 2.10 bits per heavy atom. The summed E-state index contributed by atoms with van der Waals surface area (Å²) in [4.78, 5) is 31.2. The Hall–Kier alpha value is -2.41. The molecule has 7 nitrogen and oxygen atoms in total. The fourth-order valence-electron chi connectivity index (χ4n) is 1.46. The molecule has 4 N–H and O–H groups in total. The molecule has 1 heterocycles. The minimum atomic E-state index is -0.823. The van der Waals surface area contributed by atoms with E-state index in [4.69, 9.17) is 27.8 Å². The monoisotopic (exact) mass is 310 g/mol. The first-order valence-electron chi connectivity index (χ1n) is 5.87. The summed E-state index contributed by atoms with van der Waals surface area (Å²) in [6.45, 7) is 0.993. The number of pyridine rings is 1. The van der Waals surface area contributed by atoms with Crippen LogP contribution in [0.5, 0.6) is 0 Å². The smallest absolute Gasteiger partial charge is 0.344 e. The molecule has 21 heavy (non-hydrogen) atoms. The third-order valence-electron chi connectivity index (χ3n) is 2.50. The van der Waals surface area contributed by atoms with Gasteiger partial charge < -0.3 is 16.2 Å². The molecule has 0 atom stereocenters. The largest absolute Gasteiger partial charge is 0.454 e. The molecule has 0 radical (unpaired) electrons. The zero-order valence-corrected chi connectivity index (χ0v) is 12.3. The molecule has 0 spiro atoms. The van der Waals surface area contributed by atoms with Crippen LogP contribution in [0.15, 0.2) is 34.7 Å². The maximum absolute atomic E-state index is 11.9. The summed E-state index contributed by atoms with van der Waals surface area (Å²) in [5, 5.41) is 0.180. The average molecular weight is 311 g/mol. The summed E-state index contributed by atoms with van der Waals surface area (Å²) in [6, 6.07) is 1.44. The minimum absolute atomic E-state index is 0.0607. The van der Waals surface area contributed by atoms with Crippen LogP contribution in [0.2, 0.25) is 5.02 Å².